The van der Waals surface area contributed by atoms with Crippen LogP contribution in [0.2, 0.25) is 10.0 Å². The van der Waals surface area contributed by atoms with Gasteiger partial charge in [-0.3, -0.25) is 4.72 Å². The van der Waals surface area contributed by atoms with Gasteiger partial charge in [0.2, 0.25) is 15.8 Å². The zero-order valence-corrected chi connectivity index (χ0v) is 18.5. The number of halogens is 5. The lowest BCUT2D eigenvalue weighted by atomic mass is 10.2. The van der Waals surface area contributed by atoms with Crippen LogP contribution in [0.5, 0.6) is 0 Å². The lowest BCUT2D eigenvalue weighted by Crippen LogP contribution is -2.11. The second-order valence-electron chi connectivity index (χ2n) is 6.93. The fourth-order valence-electron chi connectivity index (χ4n) is 2.83. The number of nitrogens with one attached hydrogen (secondary N) is 1. The minimum absolute atomic E-state index is 0.00168. The maximum absolute atomic E-state index is 14.4. The first-order chi connectivity index (χ1) is 14.8. The Morgan fingerprint density at radius 1 is 1.12 bits per heavy atom. The Hall–Kier alpha value is -2.83. The zero-order valence-electron chi connectivity index (χ0n) is 16.2. The number of imidazole rings is 1. The van der Waals surface area contributed by atoms with Crippen LogP contribution in [0.1, 0.15) is 12.5 Å². The Labute approximate surface area is 189 Å². The van der Waals surface area contributed by atoms with E-state index in [9.17, 15) is 21.6 Å². The molecule has 14 heteroatoms. The number of rotatable bonds is 5. The molecule has 0 aliphatic heterocycles. The molecule has 0 atom stereocenters. The van der Waals surface area contributed by atoms with Crippen molar-refractivity contribution in [1.29, 1.82) is 0 Å². The third-order valence-corrected chi connectivity index (χ3v) is 5.40. The maximum Gasteiger partial charge on any atom is 0.271 e. The van der Waals surface area contributed by atoms with Gasteiger partial charge in [-0.05, 0) is 18.2 Å². The number of sulfonamides is 1. The van der Waals surface area contributed by atoms with E-state index in [1.54, 1.807) is 0 Å². The van der Waals surface area contributed by atoms with Crippen LogP contribution in [-0.4, -0.2) is 34.2 Å². The molecule has 168 valence electrons. The fraction of sp³-hybridized carbons (Fsp3) is 0.167. The number of hydrogen-bond acceptors (Lipinski definition) is 6. The average molecular weight is 506 g/mol. The van der Waals surface area contributed by atoms with Crippen LogP contribution in [-0.2, 0) is 15.9 Å². The van der Waals surface area contributed by atoms with E-state index < -0.39 is 27.5 Å². The number of nitrogens with zero attached hydrogens (tertiary/aromatic N) is 4. The van der Waals surface area contributed by atoms with Crippen LogP contribution in [0.3, 0.4) is 0 Å². The number of hydrogen-bond donors (Lipinski definition) is 1. The lowest BCUT2D eigenvalue weighted by Gasteiger charge is -2.11. The third-order valence-electron chi connectivity index (χ3n) is 4.24. The van der Waals surface area contributed by atoms with Crippen molar-refractivity contribution in [3.8, 4) is 23.0 Å². The van der Waals surface area contributed by atoms with Crippen molar-refractivity contribution >= 4 is 44.6 Å². The Bertz CT molecular complexity index is 1440. The van der Waals surface area contributed by atoms with E-state index in [0.717, 1.165) is 25.3 Å². The summed E-state index contributed by atoms with van der Waals surface area (Å²) in [7, 11) is -3.75. The third kappa shape index (κ3) is 4.38. The first-order valence-corrected chi connectivity index (χ1v) is 11.3. The van der Waals surface area contributed by atoms with Crippen molar-refractivity contribution in [2.75, 3.05) is 11.0 Å². The molecule has 0 amide bonds. The van der Waals surface area contributed by atoms with Crippen LogP contribution in [0.25, 0.3) is 28.6 Å². The molecule has 4 rings (SSSR count). The minimum Gasteiger partial charge on any atom is -0.334 e. The Kier molecular flexibility index (Phi) is 5.34. The van der Waals surface area contributed by atoms with Crippen molar-refractivity contribution in [1.82, 2.24) is 19.5 Å². The van der Waals surface area contributed by atoms with Crippen LogP contribution < -0.4 is 4.72 Å². The fourth-order valence-corrected chi connectivity index (χ4v) is 3.98. The Balaban J connectivity index is 1.72. The number of fused-ring (bicyclic) bond motifs is 1. The summed E-state index contributed by atoms with van der Waals surface area (Å²) < 4.78 is 72.8. The zero-order chi connectivity index (χ0) is 23.4. The van der Waals surface area contributed by atoms with Crippen molar-refractivity contribution in [3.05, 3.63) is 52.0 Å². The van der Waals surface area contributed by atoms with Gasteiger partial charge in [0.1, 0.15) is 17.2 Å². The van der Waals surface area contributed by atoms with Gasteiger partial charge in [0.25, 0.3) is 11.8 Å². The summed E-state index contributed by atoms with van der Waals surface area (Å²) >= 11 is 12.1. The summed E-state index contributed by atoms with van der Waals surface area (Å²) in [5.74, 6) is -4.21. The summed E-state index contributed by atoms with van der Waals surface area (Å²) in [6, 6.07) is 3.32. The highest BCUT2D eigenvalue weighted by atomic mass is 35.5. The van der Waals surface area contributed by atoms with Crippen molar-refractivity contribution in [2.24, 2.45) is 0 Å². The molecule has 1 aromatic carbocycles. The second-order valence-corrected chi connectivity index (χ2v) is 9.50. The molecule has 4 aromatic rings. The summed E-state index contributed by atoms with van der Waals surface area (Å²) in [5, 5.41) is 3.55. The summed E-state index contributed by atoms with van der Waals surface area (Å²) in [4.78, 5) is 8.35. The van der Waals surface area contributed by atoms with Crippen molar-refractivity contribution < 1.29 is 26.1 Å². The van der Waals surface area contributed by atoms with E-state index in [2.05, 4.69) is 15.1 Å². The minimum atomic E-state index is -3.75. The van der Waals surface area contributed by atoms with Gasteiger partial charge in [-0.2, -0.15) is 4.98 Å². The molecular weight excluding hydrogens is 494 g/mol. The SMILES string of the molecule is CC(F)(F)c1cc(Cl)c2nc(-c3noc(-c4cc(F)c(NS(C)(=O)=O)c(Cl)c4)n3)cn2c1. The largest absolute Gasteiger partial charge is 0.334 e. The molecule has 0 fully saturated rings. The summed E-state index contributed by atoms with van der Waals surface area (Å²) in [5.41, 5.74) is -0.274. The van der Waals surface area contributed by atoms with Crippen LogP contribution in [0, 0.1) is 5.82 Å². The average Bonchev–Trinajstić information content (AvgIpc) is 3.30. The Morgan fingerprint density at radius 2 is 1.84 bits per heavy atom. The number of pyridine rings is 1. The van der Waals surface area contributed by atoms with E-state index in [4.69, 9.17) is 27.7 Å². The summed E-state index contributed by atoms with van der Waals surface area (Å²) in [6.07, 6.45) is 3.42. The van der Waals surface area contributed by atoms with Gasteiger partial charge in [0.05, 0.1) is 16.3 Å². The normalized spacial score (nSPS) is 12.5. The predicted molar refractivity (Wildman–Crippen MR) is 112 cm³/mol. The molecule has 0 unspecified atom stereocenters. The predicted octanol–water partition coefficient (Wildman–Crippen LogP) is 4.98. The number of benzene rings is 1. The lowest BCUT2D eigenvalue weighted by molar-refractivity contribution is 0.0170. The highest BCUT2D eigenvalue weighted by molar-refractivity contribution is 7.92. The molecular formula is C18H12Cl2F3N5O3S. The van der Waals surface area contributed by atoms with E-state index >= 15 is 0 Å². The van der Waals surface area contributed by atoms with E-state index in [0.29, 0.717) is 0 Å². The van der Waals surface area contributed by atoms with Crippen LogP contribution in [0.15, 0.2) is 35.1 Å². The highest BCUT2D eigenvalue weighted by Crippen LogP contribution is 2.34. The van der Waals surface area contributed by atoms with Crippen LogP contribution >= 0.6 is 23.2 Å². The maximum atomic E-state index is 14.4. The smallest absolute Gasteiger partial charge is 0.271 e. The summed E-state index contributed by atoms with van der Waals surface area (Å²) in [6.45, 7) is 0.745. The monoisotopic (exact) mass is 505 g/mol. The molecule has 3 aromatic heterocycles. The molecule has 0 aliphatic rings. The molecule has 0 bridgehead atoms. The van der Waals surface area contributed by atoms with E-state index in [-0.39, 0.29) is 44.2 Å². The van der Waals surface area contributed by atoms with Crippen molar-refractivity contribution in [3.63, 3.8) is 0 Å². The highest BCUT2D eigenvalue weighted by Gasteiger charge is 2.26. The van der Waals surface area contributed by atoms with Gasteiger partial charge in [-0.15, -0.1) is 0 Å². The molecule has 32 heavy (non-hydrogen) atoms. The quantitative estimate of drug-likeness (QED) is 0.410. The van der Waals surface area contributed by atoms with E-state index in [1.165, 1.54) is 22.9 Å². The number of alkyl halides is 2. The van der Waals surface area contributed by atoms with Crippen molar-refractivity contribution in [2.45, 2.75) is 12.8 Å². The molecule has 0 radical (unpaired) electrons. The topological polar surface area (TPSA) is 102 Å². The van der Waals surface area contributed by atoms with Gasteiger partial charge < -0.3 is 8.92 Å². The molecule has 0 aliphatic carbocycles. The van der Waals surface area contributed by atoms with Gasteiger partial charge >= 0.3 is 0 Å². The first-order valence-electron chi connectivity index (χ1n) is 8.69. The number of aromatic nitrogens is 4. The van der Waals surface area contributed by atoms with Crippen LogP contribution in [0.4, 0.5) is 18.9 Å². The van der Waals surface area contributed by atoms with Gasteiger partial charge in [0, 0.05) is 30.4 Å². The molecule has 0 spiro atoms. The molecule has 0 saturated heterocycles. The molecule has 1 N–H and O–H groups in total. The van der Waals surface area contributed by atoms with E-state index in [1.807, 2.05) is 4.72 Å². The van der Waals surface area contributed by atoms with Gasteiger partial charge in [-0.1, -0.05) is 28.4 Å². The Morgan fingerprint density at radius 3 is 2.47 bits per heavy atom. The molecule has 8 nitrogen and oxygen atoms in total. The standard InChI is InChI=1S/C18H12Cl2F3N5O3S/c1-18(22,23)9-5-11(20)16-24-13(7-28(16)6-9)15-25-17(31-26-15)8-3-10(19)14(12(21)4-8)27-32(2,29)30/h3-7,27H,1-2H3. The van der Waals surface area contributed by atoms with Gasteiger partial charge in [-0.25, -0.2) is 26.6 Å². The molecule has 0 saturated carbocycles. The first kappa shape index (κ1) is 22.4. The molecule has 3 heterocycles. The number of anilines is 1. The van der Waals surface area contributed by atoms with Gasteiger partial charge in [0.15, 0.2) is 5.65 Å². The second kappa shape index (κ2) is 7.64.